The number of aromatic nitrogens is 3. The van der Waals surface area contributed by atoms with Crippen molar-refractivity contribution in [2.75, 3.05) is 0 Å². The Morgan fingerprint density at radius 3 is 3.00 bits per heavy atom. The summed E-state index contributed by atoms with van der Waals surface area (Å²) in [6.45, 7) is 2.27. The first kappa shape index (κ1) is 14.1. The molecule has 1 aromatic heterocycles. The van der Waals surface area contributed by atoms with Crippen molar-refractivity contribution in [3.63, 3.8) is 0 Å². The maximum Gasteiger partial charge on any atom is 0.227 e. The zero-order chi connectivity index (χ0) is 15.0. The molecule has 1 atom stereocenters. The zero-order valence-corrected chi connectivity index (χ0v) is 12.8. The summed E-state index contributed by atoms with van der Waals surface area (Å²) in [5, 5.41) is 11.7. The Hall–Kier alpha value is -1.88. The number of halogens is 1. The normalized spacial score (nSPS) is 16.8. The van der Waals surface area contributed by atoms with E-state index in [2.05, 4.69) is 15.5 Å². The number of carbonyl (C=O) groups is 1. The van der Waals surface area contributed by atoms with Crippen LogP contribution < -0.4 is 5.32 Å². The lowest BCUT2D eigenvalue weighted by molar-refractivity contribution is -0.122. The van der Waals surface area contributed by atoms with Crippen molar-refractivity contribution in [1.82, 2.24) is 20.1 Å². The van der Waals surface area contributed by atoms with Gasteiger partial charge in [0, 0.05) is 12.1 Å². The molecule has 110 valence electrons. The molecule has 3 rings (SSSR count). The fourth-order valence-corrected chi connectivity index (χ4v) is 3.05. The van der Waals surface area contributed by atoms with Gasteiger partial charge in [-0.15, -0.1) is 10.2 Å². The number of nitrogens with one attached hydrogen (secondary N) is 1. The number of amides is 1. The Morgan fingerprint density at radius 2 is 2.29 bits per heavy atom. The van der Waals surface area contributed by atoms with Gasteiger partial charge in [0.2, 0.25) is 5.91 Å². The first-order valence-electron chi connectivity index (χ1n) is 6.98. The van der Waals surface area contributed by atoms with Gasteiger partial charge in [-0.2, -0.15) is 0 Å². The molecule has 21 heavy (non-hydrogen) atoms. The summed E-state index contributed by atoms with van der Waals surface area (Å²) in [5.41, 5.74) is 2.16. The van der Waals surface area contributed by atoms with Crippen LogP contribution in [0.1, 0.15) is 35.1 Å². The highest BCUT2D eigenvalue weighted by Gasteiger charge is 2.29. The van der Waals surface area contributed by atoms with Crippen molar-refractivity contribution >= 4 is 17.5 Å². The van der Waals surface area contributed by atoms with E-state index in [0.717, 1.165) is 40.6 Å². The van der Waals surface area contributed by atoms with Gasteiger partial charge in [-0.25, -0.2) is 0 Å². The summed E-state index contributed by atoms with van der Waals surface area (Å²) in [6, 6.07) is 5.77. The van der Waals surface area contributed by atoms with Crippen molar-refractivity contribution in [2.45, 2.75) is 32.2 Å². The highest BCUT2D eigenvalue weighted by Crippen LogP contribution is 2.37. The number of benzene rings is 1. The summed E-state index contributed by atoms with van der Waals surface area (Å²) >= 11 is 6.18. The summed E-state index contributed by atoms with van der Waals surface area (Å²) in [7, 11) is 1.89. The minimum Gasteiger partial charge on any atom is -0.348 e. The molecule has 0 aliphatic heterocycles. The Balaban J connectivity index is 1.71. The molecule has 0 bridgehead atoms. The van der Waals surface area contributed by atoms with Crippen molar-refractivity contribution in [2.24, 2.45) is 7.05 Å². The van der Waals surface area contributed by atoms with E-state index in [-0.39, 0.29) is 11.8 Å². The van der Waals surface area contributed by atoms with Crippen LogP contribution in [0.4, 0.5) is 0 Å². The molecule has 0 radical (unpaired) electrons. The number of hydrogen-bond donors (Lipinski definition) is 1. The number of aryl methyl sites for hydroxylation is 1. The summed E-state index contributed by atoms with van der Waals surface area (Å²) < 4.78 is 1.87. The minimum atomic E-state index is -0.118. The smallest absolute Gasteiger partial charge is 0.227 e. The number of carbonyl (C=O) groups excluding carboxylic acids is 1. The third kappa shape index (κ3) is 2.53. The minimum absolute atomic E-state index is 0.0247. The largest absolute Gasteiger partial charge is 0.348 e. The van der Waals surface area contributed by atoms with Crippen LogP contribution in [0.5, 0.6) is 0 Å². The molecule has 1 amide bonds. The van der Waals surface area contributed by atoms with E-state index in [0.29, 0.717) is 6.54 Å². The first-order chi connectivity index (χ1) is 10.1. The molecule has 1 aromatic carbocycles. The molecule has 1 aliphatic rings. The fourth-order valence-electron chi connectivity index (χ4n) is 2.78. The second-order valence-corrected chi connectivity index (χ2v) is 5.75. The standard InChI is InChI=1S/C15H17ClN4O/c1-9-18-19-14(20(9)2)8-17-15(21)12-7-6-11-10(12)4-3-5-13(11)16/h3-5,12H,6-8H2,1-2H3,(H,17,21). The Morgan fingerprint density at radius 1 is 1.48 bits per heavy atom. The number of hydrogen-bond acceptors (Lipinski definition) is 3. The Bertz CT molecular complexity index is 695. The molecule has 1 N–H and O–H groups in total. The zero-order valence-electron chi connectivity index (χ0n) is 12.1. The molecule has 6 heteroatoms. The first-order valence-corrected chi connectivity index (χ1v) is 7.35. The van der Waals surface area contributed by atoms with Gasteiger partial charge in [-0.05, 0) is 37.0 Å². The summed E-state index contributed by atoms with van der Waals surface area (Å²) in [6.07, 6.45) is 1.67. The number of fused-ring (bicyclic) bond motifs is 1. The van der Waals surface area contributed by atoms with E-state index in [1.807, 2.05) is 36.7 Å². The van der Waals surface area contributed by atoms with Gasteiger partial charge in [0.25, 0.3) is 0 Å². The maximum absolute atomic E-state index is 12.4. The predicted octanol–water partition coefficient (Wildman–Crippen LogP) is 2.12. The SMILES string of the molecule is Cc1nnc(CNC(=O)C2CCc3c(Cl)cccc32)n1C. The van der Waals surface area contributed by atoms with Crippen molar-refractivity contribution in [1.29, 1.82) is 0 Å². The Labute approximate surface area is 128 Å². The third-order valence-corrected chi connectivity index (χ3v) is 4.49. The van der Waals surface area contributed by atoms with E-state index in [9.17, 15) is 4.79 Å². The van der Waals surface area contributed by atoms with Crippen LogP contribution in [0, 0.1) is 6.92 Å². The lowest BCUT2D eigenvalue weighted by atomic mass is 10.0. The number of nitrogens with zero attached hydrogens (tertiary/aromatic N) is 3. The van der Waals surface area contributed by atoms with E-state index in [1.54, 1.807) is 0 Å². The molecular formula is C15H17ClN4O. The van der Waals surface area contributed by atoms with E-state index in [1.165, 1.54) is 0 Å². The maximum atomic E-state index is 12.4. The van der Waals surface area contributed by atoms with Gasteiger partial charge in [0.1, 0.15) is 5.82 Å². The Kier molecular flexibility index (Phi) is 3.68. The van der Waals surface area contributed by atoms with Crippen LogP contribution in [0.3, 0.4) is 0 Å². The van der Waals surface area contributed by atoms with Gasteiger partial charge >= 0.3 is 0 Å². The van der Waals surface area contributed by atoms with Gasteiger partial charge in [-0.3, -0.25) is 4.79 Å². The average molecular weight is 305 g/mol. The molecule has 1 aliphatic carbocycles. The van der Waals surface area contributed by atoms with E-state index < -0.39 is 0 Å². The van der Waals surface area contributed by atoms with Crippen LogP contribution in [0.15, 0.2) is 18.2 Å². The second kappa shape index (κ2) is 5.48. The molecule has 0 saturated heterocycles. The van der Waals surface area contributed by atoms with Crippen LogP contribution in [-0.2, 0) is 24.8 Å². The summed E-state index contributed by atoms with van der Waals surface area (Å²) in [4.78, 5) is 12.4. The van der Waals surface area contributed by atoms with Gasteiger partial charge in [-0.1, -0.05) is 23.7 Å². The monoisotopic (exact) mass is 304 g/mol. The summed E-state index contributed by atoms with van der Waals surface area (Å²) in [5.74, 6) is 1.49. The van der Waals surface area contributed by atoms with Crippen LogP contribution in [0.25, 0.3) is 0 Å². The molecule has 0 fully saturated rings. The van der Waals surface area contributed by atoms with E-state index >= 15 is 0 Å². The lowest BCUT2D eigenvalue weighted by Crippen LogP contribution is -2.29. The lowest BCUT2D eigenvalue weighted by Gasteiger charge is -2.12. The molecule has 5 nitrogen and oxygen atoms in total. The van der Waals surface area contributed by atoms with Crippen LogP contribution in [0.2, 0.25) is 5.02 Å². The number of rotatable bonds is 3. The quantitative estimate of drug-likeness (QED) is 0.945. The highest BCUT2D eigenvalue weighted by molar-refractivity contribution is 6.31. The molecule has 2 aromatic rings. The van der Waals surface area contributed by atoms with Crippen molar-refractivity contribution < 1.29 is 4.79 Å². The molecule has 0 spiro atoms. The van der Waals surface area contributed by atoms with Crippen LogP contribution in [-0.4, -0.2) is 20.7 Å². The van der Waals surface area contributed by atoms with E-state index in [4.69, 9.17) is 11.6 Å². The van der Waals surface area contributed by atoms with Crippen LogP contribution >= 0.6 is 11.6 Å². The second-order valence-electron chi connectivity index (χ2n) is 5.34. The fraction of sp³-hybridized carbons (Fsp3) is 0.400. The average Bonchev–Trinajstić information content (AvgIpc) is 3.03. The highest BCUT2D eigenvalue weighted by atomic mass is 35.5. The third-order valence-electron chi connectivity index (χ3n) is 4.13. The predicted molar refractivity (Wildman–Crippen MR) is 80.1 cm³/mol. The van der Waals surface area contributed by atoms with Crippen molar-refractivity contribution in [3.8, 4) is 0 Å². The molecule has 1 heterocycles. The van der Waals surface area contributed by atoms with Gasteiger partial charge in [0.15, 0.2) is 5.82 Å². The van der Waals surface area contributed by atoms with Gasteiger partial charge in [0.05, 0.1) is 12.5 Å². The van der Waals surface area contributed by atoms with Gasteiger partial charge < -0.3 is 9.88 Å². The molecular weight excluding hydrogens is 288 g/mol. The van der Waals surface area contributed by atoms with Crippen molar-refractivity contribution in [3.05, 3.63) is 46.0 Å². The molecule has 0 saturated carbocycles. The molecule has 1 unspecified atom stereocenters. The topological polar surface area (TPSA) is 59.8 Å².